The van der Waals surface area contributed by atoms with Gasteiger partial charge in [0.25, 0.3) is 0 Å². The van der Waals surface area contributed by atoms with Crippen LogP contribution in [-0.4, -0.2) is 26.0 Å². The second kappa shape index (κ2) is 5.22. The summed E-state index contributed by atoms with van der Waals surface area (Å²) in [7, 11) is 0. The Bertz CT molecular complexity index is 552. The number of carbonyl (C=O) groups is 1. The molecule has 0 spiro atoms. The maximum atomic E-state index is 11.2. The normalized spacial score (nSPS) is 10.8. The number of aromatic nitrogens is 3. The van der Waals surface area contributed by atoms with Gasteiger partial charge in [0.1, 0.15) is 15.6 Å². The molecule has 6 heteroatoms. The molecule has 0 radical (unpaired) electrons. The zero-order valence-corrected chi connectivity index (χ0v) is 10.9. The Morgan fingerprint density at radius 1 is 1.44 bits per heavy atom. The van der Waals surface area contributed by atoms with Gasteiger partial charge in [-0.2, -0.15) is 0 Å². The van der Waals surface area contributed by atoms with Crippen molar-refractivity contribution in [2.75, 3.05) is 0 Å². The number of carboxylic acids is 1. The van der Waals surface area contributed by atoms with Crippen molar-refractivity contribution < 1.29 is 9.90 Å². The lowest BCUT2D eigenvalue weighted by atomic mass is 10.1. The molecule has 0 aliphatic carbocycles. The summed E-state index contributed by atoms with van der Waals surface area (Å²) in [5, 5.41) is 9.78. The van der Waals surface area contributed by atoms with Gasteiger partial charge >= 0.3 is 5.97 Å². The molecule has 0 saturated heterocycles. The lowest BCUT2D eigenvalue weighted by Crippen LogP contribution is -2.02. The van der Waals surface area contributed by atoms with E-state index < -0.39 is 5.97 Å². The number of aromatic carboxylic acids is 1. The molecule has 2 aromatic rings. The zero-order chi connectivity index (χ0) is 13.1. The Kier molecular flexibility index (Phi) is 3.66. The minimum Gasteiger partial charge on any atom is -0.477 e. The Hall–Kier alpha value is -1.82. The molecule has 0 aliphatic rings. The maximum absolute atomic E-state index is 11.2. The SMILES string of the molecule is CC(C)Cc1nc(-c2cnccn2)sc1C(=O)O. The lowest BCUT2D eigenvalue weighted by Gasteiger charge is -2.01. The molecule has 0 atom stereocenters. The van der Waals surface area contributed by atoms with Gasteiger partial charge in [0.2, 0.25) is 0 Å². The first-order chi connectivity index (χ1) is 8.58. The van der Waals surface area contributed by atoms with E-state index in [4.69, 9.17) is 0 Å². The van der Waals surface area contributed by atoms with Crippen molar-refractivity contribution in [2.45, 2.75) is 20.3 Å². The third-order valence-corrected chi connectivity index (χ3v) is 3.38. The summed E-state index contributed by atoms with van der Waals surface area (Å²) in [6.07, 6.45) is 5.38. The van der Waals surface area contributed by atoms with E-state index in [1.54, 1.807) is 18.6 Å². The van der Waals surface area contributed by atoms with E-state index in [1.165, 1.54) is 0 Å². The smallest absolute Gasteiger partial charge is 0.347 e. The highest BCUT2D eigenvalue weighted by atomic mass is 32.1. The van der Waals surface area contributed by atoms with Gasteiger partial charge in [-0.15, -0.1) is 11.3 Å². The predicted molar refractivity (Wildman–Crippen MR) is 68.6 cm³/mol. The Morgan fingerprint density at radius 3 is 2.78 bits per heavy atom. The number of hydrogen-bond acceptors (Lipinski definition) is 5. The molecule has 2 rings (SSSR count). The summed E-state index contributed by atoms with van der Waals surface area (Å²) in [6, 6.07) is 0. The van der Waals surface area contributed by atoms with Gasteiger partial charge in [-0.25, -0.2) is 9.78 Å². The van der Waals surface area contributed by atoms with E-state index in [1.807, 2.05) is 13.8 Å². The highest BCUT2D eigenvalue weighted by molar-refractivity contribution is 7.17. The molecular formula is C12H13N3O2S. The molecule has 0 aromatic carbocycles. The van der Waals surface area contributed by atoms with E-state index in [2.05, 4.69) is 15.0 Å². The van der Waals surface area contributed by atoms with Crippen LogP contribution in [0.25, 0.3) is 10.7 Å². The van der Waals surface area contributed by atoms with E-state index in [9.17, 15) is 9.90 Å². The van der Waals surface area contributed by atoms with Crippen LogP contribution in [0.2, 0.25) is 0 Å². The van der Waals surface area contributed by atoms with E-state index in [0.29, 0.717) is 33.6 Å². The lowest BCUT2D eigenvalue weighted by molar-refractivity contribution is 0.0700. The Balaban J connectivity index is 2.42. The van der Waals surface area contributed by atoms with Crippen molar-refractivity contribution >= 4 is 17.3 Å². The summed E-state index contributed by atoms with van der Waals surface area (Å²) in [5.74, 6) is -0.571. The molecule has 0 amide bonds. The molecule has 94 valence electrons. The van der Waals surface area contributed by atoms with Gasteiger partial charge in [-0.3, -0.25) is 9.97 Å². The second-order valence-corrected chi connectivity index (χ2v) is 5.29. The maximum Gasteiger partial charge on any atom is 0.347 e. The summed E-state index contributed by atoms with van der Waals surface area (Å²) in [4.78, 5) is 24.0. The van der Waals surface area contributed by atoms with Crippen LogP contribution in [0.15, 0.2) is 18.6 Å². The molecular weight excluding hydrogens is 250 g/mol. The average Bonchev–Trinajstić information content (AvgIpc) is 2.73. The van der Waals surface area contributed by atoms with Gasteiger partial charge in [0, 0.05) is 12.4 Å². The molecule has 0 saturated carbocycles. The molecule has 0 fully saturated rings. The third-order valence-electron chi connectivity index (χ3n) is 2.28. The number of rotatable bonds is 4. The zero-order valence-electron chi connectivity index (χ0n) is 10.1. The molecule has 5 nitrogen and oxygen atoms in total. The van der Waals surface area contributed by atoms with Crippen molar-refractivity contribution in [2.24, 2.45) is 5.92 Å². The molecule has 1 N–H and O–H groups in total. The van der Waals surface area contributed by atoms with Gasteiger partial charge < -0.3 is 5.11 Å². The van der Waals surface area contributed by atoms with Crippen molar-refractivity contribution in [3.8, 4) is 10.7 Å². The fourth-order valence-corrected chi connectivity index (χ4v) is 2.46. The molecule has 2 aromatic heterocycles. The van der Waals surface area contributed by atoms with E-state index in [0.717, 1.165) is 11.3 Å². The van der Waals surface area contributed by atoms with Gasteiger partial charge in [-0.05, 0) is 12.3 Å². The van der Waals surface area contributed by atoms with Crippen LogP contribution in [-0.2, 0) is 6.42 Å². The van der Waals surface area contributed by atoms with Crippen molar-refractivity contribution in [1.82, 2.24) is 15.0 Å². The van der Waals surface area contributed by atoms with Crippen LogP contribution in [0.4, 0.5) is 0 Å². The van der Waals surface area contributed by atoms with E-state index in [-0.39, 0.29) is 0 Å². The highest BCUT2D eigenvalue weighted by Gasteiger charge is 2.19. The number of thiazole rings is 1. The summed E-state index contributed by atoms with van der Waals surface area (Å²) < 4.78 is 0. The largest absolute Gasteiger partial charge is 0.477 e. The van der Waals surface area contributed by atoms with Gasteiger partial charge in [-0.1, -0.05) is 13.8 Å². The standard InChI is InChI=1S/C12H13N3O2S/c1-7(2)5-8-10(12(16)17)18-11(15-8)9-6-13-3-4-14-9/h3-4,6-7H,5H2,1-2H3,(H,16,17). The molecule has 0 aliphatic heterocycles. The minimum atomic E-state index is -0.932. The van der Waals surface area contributed by atoms with Crippen molar-refractivity contribution in [3.05, 3.63) is 29.2 Å². The topological polar surface area (TPSA) is 76.0 Å². The first-order valence-corrected chi connectivity index (χ1v) is 6.39. The first-order valence-electron chi connectivity index (χ1n) is 5.57. The first kappa shape index (κ1) is 12.6. The molecule has 2 heterocycles. The van der Waals surface area contributed by atoms with E-state index >= 15 is 0 Å². The molecule has 18 heavy (non-hydrogen) atoms. The summed E-state index contributed by atoms with van der Waals surface area (Å²) in [6.45, 7) is 4.07. The van der Waals surface area contributed by atoms with Crippen LogP contribution in [0.5, 0.6) is 0 Å². The fraction of sp³-hybridized carbons (Fsp3) is 0.333. The summed E-state index contributed by atoms with van der Waals surface area (Å²) in [5.41, 5.74) is 1.24. The Morgan fingerprint density at radius 2 is 2.22 bits per heavy atom. The molecule has 0 unspecified atom stereocenters. The van der Waals surface area contributed by atoms with Crippen LogP contribution < -0.4 is 0 Å². The minimum absolute atomic E-state index is 0.296. The number of hydrogen-bond donors (Lipinski definition) is 1. The Labute approximate surface area is 109 Å². The average molecular weight is 263 g/mol. The van der Waals surface area contributed by atoms with Crippen molar-refractivity contribution in [3.63, 3.8) is 0 Å². The van der Waals surface area contributed by atoms with Crippen LogP contribution in [0.1, 0.15) is 29.2 Å². The molecule has 0 bridgehead atoms. The van der Waals surface area contributed by atoms with Gasteiger partial charge in [0.05, 0.1) is 11.9 Å². The van der Waals surface area contributed by atoms with Crippen LogP contribution in [0.3, 0.4) is 0 Å². The predicted octanol–water partition coefficient (Wildman–Crippen LogP) is 2.50. The quantitative estimate of drug-likeness (QED) is 0.917. The highest BCUT2D eigenvalue weighted by Crippen LogP contribution is 2.27. The van der Waals surface area contributed by atoms with Gasteiger partial charge in [0.15, 0.2) is 0 Å². The number of nitrogens with zero attached hydrogens (tertiary/aromatic N) is 3. The number of carboxylic acid groups (broad SMARTS) is 1. The fourth-order valence-electron chi connectivity index (χ4n) is 1.56. The third kappa shape index (κ3) is 2.70. The van der Waals surface area contributed by atoms with Crippen molar-refractivity contribution in [1.29, 1.82) is 0 Å². The van der Waals surface area contributed by atoms with Crippen LogP contribution in [0, 0.1) is 5.92 Å². The van der Waals surface area contributed by atoms with Crippen LogP contribution >= 0.6 is 11.3 Å². The monoisotopic (exact) mass is 263 g/mol. The second-order valence-electron chi connectivity index (χ2n) is 4.29. The summed E-state index contributed by atoms with van der Waals surface area (Å²) >= 11 is 1.15.